The number of hydrogen-bond acceptors (Lipinski definition) is 4. The van der Waals surface area contributed by atoms with Crippen molar-refractivity contribution < 1.29 is 19.1 Å². The fourth-order valence-corrected chi connectivity index (χ4v) is 2.22. The summed E-state index contributed by atoms with van der Waals surface area (Å²) in [6, 6.07) is 7.09. The Kier molecular flexibility index (Phi) is 3.74. The maximum absolute atomic E-state index is 12.0. The molecule has 1 amide bonds. The number of nitrogens with zero attached hydrogens (tertiary/aromatic N) is 1. The average Bonchev–Trinajstić information content (AvgIpc) is 2.39. The molecule has 0 aliphatic carbocycles. The lowest BCUT2D eigenvalue weighted by molar-refractivity contribution is -0.161. The third-order valence-electron chi connectivity index (χ3n) is 3.23. The van der Waals surface area contributed by atoms with Crippen molar-refractivity contribution in [3.63, 3.8) is 0 Å². The number of β-lactam (4-membered cyclic amide) rings is 1. The zero-order valence-electron chi connectivity index (χ0n) is 11.3. The molecule has 5 nitrogen and oxygen atoms in total. The lowest BCUT2D eigenvalue weighted by atomic mass is 9.92. The summed E-state index contributed by atoms with van der Waals surface area (Å²) in [4.78, 5) is 24.7. The Hall–Kier alpha value is -2.04. The second-order valence-electron chi connectivity index (χ2n) is 4.42. The van der Waals surface area contributed by atoms with Gasteiger partial charge in [-0.05, 0) is 30.7 Å². The van der Waals surface area contributed by atoms with Crippen molar-refractivity contribution >= 4 is 17.6 Å². The average molecular weight is 263 g/mol. The monoisotopic (exact) mass is 263 g/mol. The molecule has 0 N–H and O–H groups in total. The van der Waals surface area contributed by atoms with Crippen LogP contribution in [0.1, 0.15) is 20.3 Å². The molecule has 0 saturated carbocycles. The molecule has 0 aromatic heterocycles. The van der Waals surface area contributed by atoms with Crippen LogP contribution >= 0.6 is 0 Å². The van der Waals surface area contributed by atoms with E-state index in [-0.39, 0.29) is 17.8 Å². The van der Waals surface area contributed by atoms with Gasteiger partial charge in [0, 0.05) is 12.6 Å². The van der Waals surface area contributed by atoms with E-state index < -0.39 is 6.23 Å². The highest BCUT2D eigenvalue weighted by atomic mass is 16.6. The van der Waals surface area contributed by atoms with Gasteiger partial charge in [-0.25, -0.2) is 0 Å². The van der Waals surface area contributed by atoms with Gasteiger partial charge in [-0.1, -0.05) is 6.92 Å². The van der Waals surface area contributed by atoms with E-state index in [1.807, 2.05) is 6.92 Å². The van der Waals surface area contributed by atoms with Gasteiger partial charge in [-0.3, -0.25) is 14.5 Å². The van der Waals surface area contributed by atoms with E-state index in [0.29, 0.717) is 17.9 Å². The molecule has 1 aliphatic heterocycles. The summed E-state index contributed by atoms with van der Waals surface area (Å²) in [7, 11) is 1.58. The number of carbonyl (C=O) groups excluding carboxylic acids is 2. The lowest BCUT2D eigenvalue weighted by Gasteiger charge is -2.45. The van der Waals surface area contributed by atoms with Gasteiger partial charge in [0.2, 0.25) is 5.91 Å². The summed E-state index contributed by atoms with van der Waals surface area (Å²) in [5, 5.41) is 0. The standard InChI is InChI=1S/C14H17NO4/c1-4-12-13(17)15(14(12)19-9(2)16)10-5-7-11(18-3)8-6-10/h5-8,12,14H,4H2,1-3H3/t12-,14+/m1/s1. The van der Waals surface area contributed by atoms with Gasteiger partial charge in [0.05, 0.1) is 13.0 Å². The first-order valence-corrected chi connectivity index (χ1v) is 6.22. The van der Waals surface area contributed by atoms with E-state index in [1.54, 1.807) is 31.4 Å². The van der Waals surface area contributed by atoms with Crippen molar-refractivity contribution in [2.75, 3.05) is 12.0 Å². The van der Waals surface area contributed by atoms with Gasteiger partial charge < -0.3 is 9.47 Å². The zero-order chi connectivity index (χ0) is 14.0. The number of anilines is 1. The van der Waals surface area contributed by atoms with Gasteiger partial charge in [0.25, 0.3) is 0 Å². The van der Waals surface area contributed by atoms with Gasteiger partial charge in [0.15, 0.2) is 6.23 Å². The fourth-order valence-electron chi connectivity index (χ4n) is 2.22. The molecule has 1 heterocycles. The minimum Gasteiger partial charge on any atom is -0.497 e. The van der Waals surface area contributed by atoms with E-state index in [2.05, 4.69) is 0 Å². The summed E-state index contributed by atoms with van der Waals surface area (Å²) in [6.45, 7) is 3.26. The number of esters is 1. The molecule has 0 radical (unpaired) electrons. The molecule has 1 aromatic carbocycles. The molecule has 0 unspecified atom stereocenters. The van der Waals surface area contributed by atoms with Crippen LogP contribution in [0.25, 0.3) is 0 Å². The third kappa shape index (κ3) is 2.41. The zero-order valence-corrected chi connectivity index (χ0v) is 11.3. The Bertz CT molecular complexity index is 483. The Morgan fingerprint density at radius 3 is 2.42 bits per heavy atom. The number of carbonyl (C=O) groups is 2. The first kappa shape index (κ1) is 13.4. The smallest absolute Gasteiger partial charge is 0.304 e. The summed E-state index contributed by atoms with van der Waals surface area (Å²) < 4.78 is 10.3. The molecule has 19 heavy (non-hydrogen) atoms. The number of rotatable bonds is 4. The van der Waals surface area contributed by atoms with Crippen LogP contribution in [0.15, 0.2) is 24.3 Å². The van der Waals surface area contributed by atoms with Crippen LogP contribution in [0.4, 0.5) is 5.69 Å². The molecule has 0 bridgehead atoms. The molecule has 2 atom stereocenters. The fraction of sp³-hybridized carbons (Fsp3) is 0.429. The summed E-state index contributed by atoms with van der Waals surface area (Å²) >= 11 is 0. The van der Waals surface area contributed by atoms with Gasteiger partial charge >= 0.3 is 5.97 Å². The second-order valence-corrected chi connectivity index (χ2v) is 4.42. The molecule has 1 saturated heterocycles. The lowest BCUT2D eigenvalue weighted by Crippen LogP contribution is -2.62. The van der Waals surface area contributed by atoms with Crippen LogP contribution in [0.5, 0.6) is 5.75 Å². The first-order chi connectivity index (χ1) is 9.08. The normalized spacial score (nSPS) is 21.8. The first-order valence-electron chi connectivity index (χ1n) is 6.22. The van der Waals surface area contributed by atoms with Crippen molar-refractivity contribution in [3.8, 4) is 5.75 Å². The number of methoxy groups -OCH3 is 1. The quantitative estimate of drug-likeness (QED) is 0.615. The minimum atomic E-state index is -0.497. The van der Waals surface area contributed by atoms with Crippen molar-refractivity contribution in [1.82, 2.24) is 0 Å². The molecule has 2 rings (SSSR count). The molecule has 1 aliphatic rings. The molecule has 1 aromatic rings. The Balaban J connectivity index is 2.21. The van der Waals surface area contributed by atoms with Crippen molar-refractivity contribution in [2.24, 2.45) is 5.92 Å². The van der Waals surface area contributed by atoms with Gasteiger partial charge in [-0.2, -0.15) is 0 Å². The number of amides is 1. The third-order valence-corrected chi connectivity index (χ3v) is 3.23. The van der Waals surface area contributed by atoms with E-state index in [9.17, 15) is 9.59 Å². The van der Waals surface area contributed by atoms with E-state index in [4.69, 9.17) is 9.47 Å². The van der Waals surface area contributed by atoms with Crippen molar-refractivity contribution in [1.29, 1.82) is 0 Å². The Morgan fingerprint density at radius 2 is 1.95 bits per heavy atom. The Labute approximate surface area is 112 Å². The number of hydrogen-bond donors (Lipinski definition) is 0. The molecular weight excluding hydrogens is 246 g/mol. The number of ether oxygens (including phenoxy) is 2. The predicted octanol–water partition coefficient (Wildman–Crippen LogP) is 1.96. The topological polar surface area (TPSA) is 55.8 Å². The maximum atomic E-state index is 12.0. The SMILES string of the molecule is CC[C@@H]1C(=O)N(c2ccc(OC)cc2)[C@H]1OC(C)=O. The van der Waals surface area contributed by atoms with E-state index in [0.717, 1.165) is 0 Å². The maximum Gasteiger partial charge on any atom is 0.304 e. The van der Waals surface area contributed by atoms with Crippen LogP contribution in [0.3, 0.4) is 0 Å². The molecular formula is C14H17NO4. The van der Waals surface area contributed by atoms with Crippen LogP contribution in [-0.2, 0) is 14.3 Å². The summed E-state index contributed by atoms with van der Waals surface area (Å²) in [6.07, 6.45) is 0.159. The van der Waals surface area contributed by atoms with Crippen LogP contribution in [0, 0.1) is 5.92 Å². The molecule has 102 valence electrons. The highest BCUT2D eigenvalue weighted by molar-refractivity contribution is 6.02. The van der Waals surface area contributed by atoms with Crippen molar-refractivity contribution in [3.05, 3.63) is 24.3 Å². The Morgan fingerprint density at radius 1 is 1.32 bits per heavy atom. The number of benzene rings is 1. The molecule has 5 heteroatoms. The van der Waals surface area contributed by atoms with Crippen LogP contribution < -0.4 is 9.64 Å². The van der Waals surface area contributed by atoms with Crippen LogP contribution in [-0.4, -0.2) is 25.2 Å². The summed E-state index contributed by atoms with van der Waals surface area (Å²) in [5.74, 6) is 0.0761. The minimum absolute atomic E-state index is 0.0149. The van der Waals surface area contributed by atoms with Crippen LogP contribution in [0.2, 0.25) is 0 Å². The van der Waals surface area contributed by atoms with Crippen molar-refractivity contribution in [2.45, 2.75) is 26.5 Å². The highest BCUT2D eigenvalue weighted by Crippen LogP contribution is 2.35. The highest BCUT2D eigenvalue weighted by Gasteiger charge is 2.49. The largest absolute Gasteiger partial charge is 0.497 e. The van der Waals surface area contributed by atoms with E-state index in [1.165, 1.54) is 11.8 Å². The second kappa shape index (κ2) is 5.30. The predicted molar refractivity (Wildman–Crippen MR) is 69.8 cm³/mol. The summed E-state index contributed by atoms with van der Waals surface area (Å²) in [5.41, 5.74) is 0.710. The van der Waals surface area contributed by atoms with Gasteiger partial charge in [-0.15, -0.1) is 0 Å². The van der Waals surface area contributed by atoms with Gasteiger partial charge in [0.1, 0.15) is 5.75 Å². The van der Waals surface area contributed by atoms with E-state index >= 15 is 0 Å². The molecule has 1 fully saturated rings. The molecule has 0 spiro atoms.